The zero-order valence-corrected chi connectivity index (χ0v) is 9.83. The van der Waals surface area contributed by atoms with Gasteiger partial charge >= 0.3 is 0 Å². The Labute approximate surface area is 103 Å². The second-order valence-corrected chi connectivity index (χ2v) is 4.03. The maximum absolute atomic E-state index is 12.9. The summed E-state index contributed by atoms with van der Waals surface area (Å²) < 4.78 is 18.1. The standard InChI is InChI=1S/C11H11ClFN3O/c1-6(14)10-5-17-11(16-10)15-7-2-3-9(13)8(12)4-7/h2-6H,14H2,1H3,(H,15,16). The first-order valence-electron chi connectivity index (χ1n) is 4.99. The molecule has 0 bridgehead atoms. The first kappa shape index (κ1) is 11.9. The molecule has 2 rings (SSSR count). The minimum Gasteiger partial charge on any atom is -0.432 e. The number of nitrogens with one attached hydrogen (secondary N) is 1. The summed E-state index contributed by atoms with van der Waals surface area (Å²) >= 11 is 5.65. The summed E-state index contributed by atoms with van der Waals surface area (Å²) in [4.78, 5) is 4.12. The van der Waals surface area contributed by atoms with Crippen molar-refractivity contribution in [2.45, 2.75) is 13.0 Å². The minimum absolute atomic E-state index is 0.0361. The third-order valence-electron chi connectivity index (χ3n) is 2.16. The Hall–Kier alpha value is -1.59. The molecular weight excluding hydrogens is 245 g/mol. The van der Waals surface area contributed by atoms with Crippen LogP contribution >= 0.6 is 11.6 Å². The zero-order chi connectivity index (χ0) is 12.4. The van der Waals surface area contributed by atoms with E-state index in [1.807, 2.05) is 0 Å². The molecule has 4 nitrogen and oxygen atoms in total. The molecule has 0 aliphatic heterocycles. The SMILES string of the molecule is CC(N)c1coc(Nc2ccc(F)c(Cl)c2)n1. The number of halogens is 2. The predicted molar refractivity (Wildman–Crippen MR) is 63.8 cm³/mol. The van der Waals surface area contributed by atoms with Crippen LogP contribution in [0.1, 0.15) is 18.7 Å². The fourth-order valence-corrected chi connectivity index (χ4v) is 1.43. The second kappa shape index (κ2) is 4.73. The summed E-state index contributed by atoms with van der Waals surface area (Å²) in [5.41, 5.74) is 6.88. The molecule has 1 aromatic heterocycles. The summed E-state index contributed by atoms with van der Waals surface area (Å²) in [6.07, 6.45) is 1.47. The van der Waals surface area contributed by atoms with Gasteiger partial charge in [-0.05, 0) is 25.1 Å². The zero-order valence-electron chi connectivity index (χ0n) is 9.08. The molecule has 1 aromatic carbocycles. The number of hydrogen-bond acceptors (Lipinski definition) is 4. The van der Waals surface area contributed by atoms with Gasteiger partial charge in [-0.2, -0.15) is 4.98 Å². The lowest BCUT2D eigenvalue weighted by molar-refractivity contribution is 0.573. The highest BCUT2D eigenvalue weighted by Gasteiger charge is 2.08. The molecule has 1 atom stereocenters. The van der Waals surface area contributed by atoms with E-state index in [0.29, 0.717) is 17.4 Å². The summed E-state index contributed by atoms with van der Waals surface area (Å²) in [6.45, 7) is 1.80. The Bertz CT molecular complexity index is 527. The van der Waals surface area contributed by atoms with Crippen LogP contribution in [0.3, 0.4) is 0 Å². The molecule has 90 valence electrons. The summed E-state index contributed by atoms with van der Waals surface area (Å²) in [6, 6.07) is 4.34. The molecule has 0 aliphatic rings. The lowest BCUT2D eigenvalue weighted by Gasteiger charge is -2.02. The fourth-order valence-electron chi connectivity index (χ4n) is 1.25. The number of hydrogen-bond donors (Lipinski definition) is 2. The Morgan fingerprint density at radius 2 is 2.29 bits per heavy atom. The molecule has 0 fully saturated rings. The number of nitrogens with two attached hydrogens (primary N) is 1. The highest BCUT2D eigenvalue weighted by atomic mass is 35.5. The monoisotopic (exact) mass is 255 g/mol. The Kier molecular flexibility index (Phi) is 3.31. The Balaban J connectivity index is 2.16. The van der Waals surface area contributed by atoms with Gasteiger partial charge in [-0.1, -0.05) is 11.6 Å². The fraction of sp³-hybridized carbons (Fsp3) is 0.182. The van der Waals surface area contributed by atoms with Crippen LogP contribution in [-0.2, 0) is 0 Å². The van der Waals surface area contributed by atoms with Crippen molar-refractivity contribution >= 4 is 23.3 Å². The van der Waals surface area contributed by atoms with Crippen molar-refractivity contribution in [2.75, 3.05) is 5.32 Å². The molecule has 0 saturated heterocycles. The third-order valence-corrected chi connectivity index (χ3v) is 2.45. The number of aromatic nitrogens is 1. The van der Waals surface area contributed by atoms with Crippen molar-refractivity contribution in [3.63, 3.8) is 0 Å². The summed E-state index contributed by atoms with van der Waals surface area (Å²) in [5.74, 6) is -0.471. The molecule has 2 aromatic rings. The minimum atomic E-state index is -0.471. The van der Waals surface area contributed by atoms with E-state index >= 15 is 0 Å². The van der Waals surface area contributed by atoms with Crippen molar-refractivity contribution in [3.8, 4) is 0 Å². The van der Waals surface area contributed by atoms with Crippen LogP contribution in [0.5, 0.6) is 0 Å². The van der Waals surface area contributed by atoms with Gasteiger partial charge < -0.3 is 15.5 Å². The average molecular weight is 256 g/mol. The van der Waals surface area contributed by atoms with Crippen LogP contribution in [0, 0.1) is 5.82 Å². The lowest BCUT2D eigenvalue weighted by Crippen LogP contribution is -2.05. The van der Waals surface area contributed by atoms with Crippen LogP contribution < -0.4 is 11.1 Å². The molecule has 6 heteroatoms. The van der Waals surface area contributed by atoms with Gasteiger partial charge in [0.05, 0.1) is 10.7 Å². The highest BCUT2D eigenvalue weighted by molar-refractivity contribution is 6.31. The van der Waals surface area contributed by atoms with Crippen LogP contribution in [-0.4, -0.2) is 4.98 Å². The summed E-state index contributed by atoms with van der Waals surface area (Å²) in [5, 5.41) is 2.90. The normalized spacial score (nSPS) is 12.5. The van der Waals surface area contributed by atoms with Gasteiger partial charge in [0.25, 0.3) is 6.01 Å². The molecule has 0 aliphatic carbocycles. The maximum atomic E-state index is 12.9. The van der Waals surface area contributed by atoms with Crippen LogP contribution in [0.15, 0.2) is 28.9 Å². The van der Waals surface area contributed by atoms with Crippen molar-refractivity contribution < 1.29 is 8.81 Å². The number of oxazole rings is 1. The van der Waals surface area contributed by atoms with Crippen LogP contribution in [0.4, 0.5) is 16.1 Å². The second-order valence-electron chi connectivity index (χ2n) is 3.62. The molecule has 17 heavy (non-hydrogen) atoms. The highest BCUT2D eigenvalue weighted by Crippen LogP contribution is 2.23. The third kappa shape index (κ3) is 2.75. The lowest BCUT2D eigenvalue weighted by atomic mass is 10.3. The van der Waals surface area contributed by atoms with E-state index in [4.69, 9.17) is 21.8 Å². The number of rotatable bonds is 3. The van der Waals surface area contributed by atoms with E-state index in [1.54, 1.807) is 6.92 Å². The quantitative estimate of drug-likeness (QED) is 0.884. The molecule has 1 unspecified atom stereocenters. The molecule has 0 amide bonds. The van der Waals surface area contributed by atoms with Gasteiger partial charge in [0.2, 0.25) is 0 Å². The largest absolute Gasteiger partial charge is 0.432 e. The molecule has 0 spiro atoms. The van der Waals surface area contributed by atoms with E-state index < -0.39 is 5.82 Å². The van der Waals surface area contributed by atoms with Crippen molar-refractivity contribution in [1.29, 1.82) is 0 Å². The maximum Gasteiger partial charge on any atom is 0.299 e. The first-order chi connectivity index (χ1) is 8.06. The van der Waals surface area contributed by atoms with Crippen LogP contribution in [0.2, 0.25) is 5.02 Å². The van der Waals surface area contributed by atoms with Gasteiger partial charge in [0, 0.05) is 11.7 Å². The molecule has 1 heterocycles. The van der Waals surface area contributed by atoms with E-state index in [2.05, 4.69) is 10.3 Å². The van der Waals surface area contributed by atoms with Gasteiger partial charge in [0.15, 0.2) is 0 Å². The Morgan fingerprint density at radius 1 is 1.53 bits per heavy atom. The van der Waals surface area contributed by atoms with Crippen LogP contribution in [0.25, 0.3) is 0 Å². The molecule has 0 radical (unpaired) electrons. The van der Waals surface area contributed by atoms with Gasteiger partial charge in [0.1, 0.15) is 12.1 Å². The average Bonchev–Trinajstić information content (AvgIpc) is 2.72. The van der Waals surface area contributed by atoms with Crippen molar-refractivity contribution in [3.05, 3.63) is 41.0 Å². The van der Waals surface area contributed by atoms with Crippen molar-refractivity contribution in [1.82, 2.24) is 4.98 Å². The van der Waals surface area contributed by atoms with E-state index in [0.717, 1.165) is 0 Å². The predicted octanol–water partition coefficient (Wildman–Crippen LogP) is 3.23. The smallest absolute Gasteiger partial charge is 0.299 e. The van der Waals surface area contributed by atoms with E-state index in [1.165, 1.54) is 24.5 Å². The van der Waals surface area contributed by atoms with Gasteiger partial charge in [-0.15, -0.1) is 0 Å². The topological polar surface area (TPSA) is 64.1 Å². The van der Waals surface area contributed by atoms with E-state index in [-0.39, 0.29) is 11.1 Å². The number of benzene rings is 1. The number of anilines is 2. The molecule has 3 N–H and O–H groups in total. The molecule has 0 saturated carbocycles. The van der Waals surface area contributed by atoms with Gasteiger partial charge in [-0.25, -0.2) is 4.39 Å². The first-order valence-corrected chi connectivity index (χ1v) is 5.37. The number of nitrogens with zero attached hydrogens (tertiary/aromatic N) is 1. The van der Waals surface area contributed by atoms with Gasteiger partial charge in [-0.3, -0.25) is 0 Å². The van der Waals surface area contributed by atoms with Crippen molar-refractivity contribution in [2.24, 2.45) is 5.73 Å². The molecular formula is C11H11ClFN3O. The summed E-state index contributed by atoms with van der Waals surface area (Å²) in [7, 11) is 0. The Morgan fingerprint density at radius 3 is 2.88 bits per heavy atom. The van der Waals surface area contributed by atoms with E-state index in [9.17, 15) is 4.39 Å².